The number of aliphatic hydroxyl groups is 1. The zero-order chi connectivity index (χ0) is 28.5. The SMILES string of the molecule is O=C(C1CCC(Nc2ncc3nc(Nc4c(F)cc(F)cc4F)n(C4CCC(O)CC4)c3n2)CC1)N1CCNCC1. The number of carbonyl (C=O) groups excluding carboxylic acids is 1. The van der Waals surface area contributed by atoms with Crippen molar-refractivity contribution in [3.8, 4) is 0 Å². The number of hydrogen-bond acceptors (Lipinski definition) is 8. The molecule has 3 aromatic rings. The van der Waals surface area contributed by atoms with Crippen LogP contribution in [0.2, 0.25) is 0 Å². The summed E-state index contributed by atoms with van der Waals surface area (Å²) in [5.41, 5.74) is 0.437. The Kier molecular flexibility index (Phi) is 7.98. The van der Waals surface area contributed by atoms with Gasteiger partial charge >= 0.3 is 0 Å². The third-order valence-corrected chi connectivity index (χ3v) is 8.55. The van der Waals surface area contributed by atoms with Crippen LogP contribution in [0.25, 0.3) is 11.2 Å². The standard InChI is InChI=1S/C28H35F3N8O2/c29-17-13-21(30)24(22(31)14-17)36-28-35-23-15-33-27(37-25(23)39(28)19-5-7-20(40)8-6-19)34-18-3-1-16(2-4-18)26(41)38-11-9-32-10-12-38/h13-16,18-20,32,40H,1-12H2,(H,35,36)(H,33,34,37). The molecule has 13 heteroatoms. The summed E-state index contributed by atoms with van der Waals surface area (Å²) in [7, 11) is 0. The van der Waals surface area contributed by atoms with Gasteiger partial charge in [-0.1, -0.05) is 0 Å². The molecule has 0 unspecified atom stereocenters. The third kappa shape index (κ3) is 5.96. The molecule has 3 heterocycles. The molecular formula is C28H35F3N8O2. The molecule has 1 saturated heterocycles. The Balaban J connectivity index is 1.22. The lowest BCUT2D eigenvalue weighted by molar-refractivity contribution is -0.137. The Morgan fingerprint density at radius 3 is 2.32 bits per heavy atom. The zero-order valence-corrected chi connectivity index (χ0v) is 22.8. The number of imidazole rings is 1. The minimum atomic E-state index is -1.07. The number of hydrogen-bond donors (Lipinski definition) is 4. The van der Waals surface area contributed by atoms with Crippen molar-refractivity contribution < 1.29 is 23.1 Å². The summed E-state index contributed by atoms with van der Waals surface area (Å²) in [6.45, 7) is 3.20. The first-order chi connectivity index (χ1) is 19.9. The summed E-state index contributed by atoms with van der Waals surface area (Å²) in [5, 5.41) is 19.5. The van der Waals surface area contributed by atoms with E-state index >= 15 is 0 Å². The molecule has 2 aromatic heterocycles. The lowest BCUT2D eigenvalue weighted by Gasteiger charge is -2.34. The third-order valence-electron chi connectivity index (χ3n) is 8.55. The van der Waals surface area contributed by atoms with E-state index in [1.807, 2.05) is 4.90 Å². The molecule has 1 aromatic carbocycles. The smallest absolute Gasteiger partial charge is 0.225 e. The molecule has 0 spiro atoms. The largest absolute Gasteiger partial charge is 0.393 e. The number of fused-ring (bicyclic) bond motifs is 1. The van der Waals surface area contributed by atoms with E-state index < -0.39 is 29.2 Å². The Bertz CT molecular complexity index is 1370. The van der Waals surface area contributed by atoms with Crippen molar-refractivity contribution in [1.29, 1.82) is 0 Å². The van der Waals surface area contributed by atoms with Gasteiger partial charge in [-0.2, -0.15) is 4.98 Å². The van der Waals surface area contributed by atoms with Crippen molar-refractivity contribution in [2.45, 2.75) is 69.6 Å². The number of benzene rings is 1. The fourth-order valence-corrected chi connectivity index (χ4v) is 6.30. The van der Waals surface area contributed by atoms with Gasteiger partial charge < -0.3 is 26.0 Å². The van der Waals surface area contributed by atoms with Gasteiger partial charge in [-0.3, -0.25) is 9.36 Å². The summed E-state index contributed by atoms with van der Waals surface area (Å²) < 4.78 is 44.3. The van der Waals surface area contributed by atoms with Crippen molar-refractivity contribution in [1.82, 2.24) is 29.7 Å². The number of anilines is 3. The number of aliphatic hydroxyl groups excluding tert-OH is 1. The van der Waals surface area contributed by atoms with Crippen LogP contribution in [-0.2, 0) is 4.79 Å². The molecule has 2 saturated carbocycles. The highest BCUT2D eigenvalue weighted by Gasteiger charge is 2.31. The van der Waals surface area contributed by atoms with Crippen LogP contribution in [0.15, 0.2) is 18.3 Å². The Morgan fingerprint density at radius 2 is 1.63 bits per heavy atom. The Morgan fingerprint density at radius 1 is 0.951 bits per heavy atom. The van der Waals surface area contributed by atoms with Crippen LogP contribution in [0.1, 0.15) is 57.4 Å². The molecule has 0 atom stereocenters. The lowest BCUT2D eigenvalue weighted by Crippen LogP contribution is -2.49. The van der Waals surface area contributed by atoms with Crippen molar-refractivity contribution >= 4 is 34.7 Å². The quantitative estimate of drug-likeness (QED) is 0.352. The van der Waals surface area contributed by atoms with Crippen LogP contribution in [0.5, 0.6) is 0 Å². The second-order valence-electron chi connectivity index (χ2n) is 11.3. The van der Waals surface area contributed by atoms with Crippen molar-refractivity contribution in [3.63, 3.8) is 0 Å². The van der Waals surface area contributed by atoms with Gasteiger partial charge in [0.05, 0.1) is 12.3 Å². The predicted octanol–water partition coefficient (Wildman–Crippen LogP) is 3.87. The first-order valence-corrected chi connectivity index (χ1v) is 14.5. The topological polar surface area (TPSA) is 120 Å². The van der Waals surface area contributed by atoms with Crippen LogP contribution in [-0.4, -0.2) is 73.8 Å². The monoisotopic (exact) mass is 572 g/mol. The fourth-order valence-electron chi connectivity index (χ4n) is 6.30. The number of amides is 1. The van der Waals surface area contributed by atoms with Gasteiger partial charge in [0.15, 0.2) is 17.3 Å². The van der Waals surface area contributed by atoms with Gasteiger partial charge in [-0.05, 0) is 51.4 Å². The first-order valence-electron chi connectivity index (χ1n) is 14.5. The molecule has 2 aliphatic carbocycles. The molecule has 1 amide bonds. The minimum Gasteiger partial charge on any atom is -0.393 e. The maximum atomic E-state index is 14.5. The zero-order valence-electron chi connectivity index (χ0n) is 22.8. The van der Waals surface area contributed by atoms with Crippen LogP contribution >= 0.6 is 0 Å². The molecule has 3 fully saturated rings. The average molecular weight is 573 g/mol. The fraction of sp³-hybridized carbons (Fsp3) is 0.571. The number of nitrogens with one attached hydrogen (secondary N) is 3. The van der Waals surface area contributed by atoms with E-state index in [-0.39, 0.29) is 29.9 Å². The molecule has 1 aliphatic heterocycles. The summed E-state index contributed by atoms with van der Waals surface area (Å²) in [4.78, 5) is 28.6. The van der Waals surface area contributed by atoms with E-state index in [1.54, 1.807) is 10.8 Å². The number of aromatic nitrogens is 4. The van der Waals surface area contributed by atoms with Gasteiger partial charge in [0.2, 0.25) is 17.8 Å². The first kappa shape index (κ1) is 27.7. The normalized spacial score (nSPS) is 25.3. The van der Waals surface area contributed by atoms with Crippen molar-refractivity contribution in [2.24, 2.45) is 5.92 Å². The molecule has 0 bridgehead atoms. The van der Waals surface area contributed by atoms with Gasteiger partial charge in [-0.25, -0.2) is 23.1 Å². The number of piperazine rings is 1. The molecule has 4 N–H and O–H groups in total. The summed E-state index contributed by atoms with van der Waals surface area (Å²) in [6.07, 6.45) is 6.83. The molecule has 6 rings (SSSR count). The Labute approximate surface area is 235 Å². The number of carbonyl (C=O) groups is 1. The van der Waals surface area contributed by atoms with E-state index in [0.717, 1.165) is 51.9 Å². The van der Waals surface area contributed by atoms with Crippen LogP contribution < -0.4 is 16.0 Å². The second kappa shape index (κ2) is 11.8. The van der Waals surface area contributed by atoms with Crippen molar-refractivity contribution in [3.05, 3.63) is 35.8 Å². The molecule has 0 radical (unpaired) electrons. The number of nitrogens with zero attached hydrogens (tertiary/aromatic N) is 5. The molecule has 3 aliphatic rings. The highest BCUT2D eigenvalue weighted by molar-refractivity contribution is 5.79. The maximum Gasteiger partial charge on any atom is 0.225 e. The lowest BCUT2D eigenvalue weighted by atomic mass is 9.85. The molecule has 41 heavy (non-hydrogen) atoms. The van der Waals surface area contributed by atoms with E-state index in [1.165, 1.54) is 0 Å². The van der Waals surface area contributed by atoms with E-state index in [2.05, 4.69) is 25.9 Å². The van der Waals surface area contributed by atoms with Crippen molar-refractivity contribution in [2.75, 3.05) is 36.8 Å². The summed E-state index contributed by atoms with van der Waals surface area (Å²) in [6, 6.07) is 1.22. The molecular weight excluding hydrogens is 537 g/mol. The van der Waals surface area contributed by atoms with Gasteiger partial charge in [0.1, 0.15) is 17.0 Å². The minimum absolute atomic E-state index is 0.0403. The van der Waals surface area contributed by atoms with Gasteiger partial charge in [-0.15, -0.1) is 0 Å². The highest BCUT2D eigenvalue weighted by Crippen LogP contribution is 2.36. The summed E-state index contributed by atoms with van der Waals surface area (Å²) in [5.74, 6) is -2.28. The van der Waals surface area contributed by atoms with Crippen LogP contribution in [0, 0.1) is 23.4 Å². The van der Waals surface area contributed by atoms with E-state index in [4.69, 9.17) is 4.98 Å². The summed E-state index contributed by atoms with van der Waals surface area (Å²) >= 11 is 0. The van der Waals surface area contributed by atoms with Crippen LogP contribution in [0.4, 0.5) is 30.8 Å². The number of rotatable bonds is 6. The maximum absolute atomic E-state index is 14.5. The Hall–Kier alpha value is -3.45. The highest BCUT2D eigenvalue weighted by atomic mass is 19.1. The van der Waals surface area contributed by atoms with Gasteiger partial charge in [0.25, 0.3) is 0 Å². The van der Waals surface area contributed by atoms with Crippen LogP contribution in [0.3, 0.4) is 0 Å². The second-order valence-corrected chi connectivity index (χ2v) is 11.3. The predicted molar refractivity (Wildman–Crippen MR) is 147 cm³/mol. The van der Waals surface area contributed by atoms with Gasteiger partial charge in [0, 0.05) is 56.3 Å². The molecule has 220 valence electrons. The van der Waals surface area contributed by atoms with E-state index in [9.17, 15) is 23.1 Å². The number of halogens is 3. The average Bonchev–Trinajstić information content (AvgIpc) is 3.33. The molecule has 10 nitrogen and oxygen atoms in total. The van der Waals surface area contributed by atoms with E-state index in [0.29, 0.717) is 54.9 Å².